The quantitative estimate of drug-likeness (QED) is 0.576. The van der Waals surface area contributed by atoms with E-state index in [4.69, 9.17) is 11.8 Å². The fraction of sp³-hybridized carbons (Fsp3) is 0.500. The van der Waals surface area contributed by atoms with Crippen LogP contribution in [0.1, 0.15) is 13.3 Å². The Kier molecular flexibility index (Phi) is 3.72. The van der Waals surface area contributed by atoms with Crippen molar-refractivity contribution in [3.63, 3.8) is 0 Å². The summed E-state index contributed by atoms with van der Waals surface area (Å²) in [5, 5.41) is 0. The van der Waals surface area contributed by atoms with E-state index in [9.17, 15) is 4.79 Å². The molecule has 1 N–H and O–H groups in total. The molecule has 0 saturated heterocycles. The van der Waals surface area contributed by atoms with Gasteiger partial charge in [0.1, 0.15) is 0 Å². The highest BCUT2D eigenvalue weighted by atomic mass is 35.5. The fourth-order valence-electron chi connectivity index (χ4n) is 1.32. The van der Waals surface area contributed by atoms with Gasteiger partial charge in [-0.3, -0.25) is 0 Å². The maximum Gasteiger partial charge on any atom is 0.337 e. The van der Waals surface area contributed by atoms with Crippen LogP contribution in [0.5, 0.6) is 0 Å². The van der Waals surface area contributed by atoms with E-state index in [2.05, 4.69) is 16.5 Å². The van der Waals surface area contributed by atoms with Crippen LogP contribution in [0, 0.1) is 5.41 Å². The summed E-state index contributed by atoms with van der Waals surface area (Å²) in [7, 11) is 1.38. The number of ether oxygens (including phenoxy) is 1. The van der Waals surface area contributed by atoms with Crippen molar-refractivity contribution in [2.75, 3.05) is 13.7 Å². The molecule has 0 aromatic heterocycles. The molecule has 4 heteroatoms. The van der Waals surface area contributed by atoms with Crippen molar-refractivity contribution in [1.82, 2.24) is 4.84 Å². The van der Waals surface area contributed by atoms with Crippen LogP contribution in [0.2, 0.25) is 0 Å². The molecule has 0 amide bonds. The second kappa shape index (κ2) is 4.62. The number of hydrogen-bond acceptors (Lipinski definition) is 3. The number of hydrogen-bond donors (Lipinski definition) is 1. The van der Waals surface area contributed by atoms with Crippen molar-refractivity contribution in [2.24, 2.45) is 5.41 Å². The molecule has 0 aromatic carbocycles. The van der Waals surface area contributed by atoms with Crippen molar-refractivity contribution in [2.45, 2.75) is 13.3 Å². The van der Waals surface area contributed by atoms with E-state index in [0.29, 0.717) is 12.1 Å². The van der Waals surface area contributed by atoms with E-state index in [1.165, 1.54) is 7.11 Å². The van der Waals surface area contributed by atoms with Crippen LogP contribution in [0.4, 0.5) is 0 Å². The first-order valence-electron chi connectivity index (χ1n) is 4.42. The second-order valence-corrected chi connectivity index (χ2v) is 3.92. The Morgan fingerprint density at radius 2 is 2.50 bits per heavy atom. The summed E-state index contributed by atoms with van der Waals surface area (Å²) in [4.78, 5) is 13.8. The molecular formula is C10H14ClNO2. The molecule has 1 aliphatic carbocycles. The third kappa shape index (κ3) is 2.59. The van der Waals surface area contributed by atoms with Gasteiger partial charge < -0.3 is 4.74 Å². The van der Waals surface area contributed by atoms with E-state index in [1.54, 1.807) is 6.08 Å². The maximum atomic E-state index is 11.2. The van der Waals surface area contributed by atoms with Gasteiger partial charge >= 0.3 is 5.97 Å². The molecule has 0 aliphatic heterocycles. The van der Waals surface area contributed by atoms with Gasteiger partial charge in [-0.05, 0) is 18.2 Å². The van der Waals surface area contributed by atoms with Gasteiger partial charge in [-0.25, -0.2) is 9.63 Å². The zero-order valence-electron chi connectivity index (χ0n) is 8.34. The van der Waals surface area contributed by atoms with E-state index in [1.807, 2.05) is 12.2 Å². The third-order valence-electron chi connectivity index (χ3n) is 2.35. The van der Waals surface area contributed by atoms with Crippen LogP contribution in [0.3, 0.4) is 0 Å². The number of carbonyl (C=O) groups excluding carboxylic acids is 1. The molecule has 1 unspecified atom stereocenters. The lowest BCUT2D eigenvalue weighted by atomic mass is 9.82. The number of halogens is 1. The van der Waals surface area contributed by atoms with Crippen LogP contribution >= 0.6 is 11.8 Å². The van der Waals surface area contributed by atoms with E-state index in [-0.39, 0.29) is 11.4 Å². The summed E-state index contributed by atoms with van der Waals surface area (Å²) in [5.74, 6) is -0.290. The lowest BCUT2D eigenvalue weighted by molar-refractivity contribution is -0.135. The topological polar surface area (TPSA) is 38.3 Å². The Morgan fingerprint density at radius 1 is 1.79 bits per heavy atom. The van der Waals surface area contributed by atoms with E-state index < -0.39 is 0 Å². The average Bonchev–Trinajstić information content (AvgIpc) is 2.18. The van der Waals surface area contributed by atoms with Crippen molar-refractivity contribution in [1.29, 1.82) is 0 Å². The van der Waals surface area contributed by atoms with Gasteiger partial charge in [-0.2, -0.15) is 0 Å². The van der Waals surface area contributed by atoms with Gasteiger partial charge in [0, 0.05) is 12.0 Å². The molecule has 0 radical (unpaired) electrons. The zero-order chi connectivity index (χ0) is 10.6. The Bertz CT molecular complexity index is 286. The van der Waals surface area contributed by atoms with Gasteiger partial charge in [0.2, 0.25) is 0 Å². The molecule has 14 heavy (non-hydrogen) atoms. The van der Waals surface area contributed by atoms with Crippen molar-refractivity contribution in [3.05, 3.63) is 23.8 Å². The first-order chi connectivity index (χ1) is 6.61. The van der Waals surface area contributed by atoms with Gasteiger partial charge in [-0.15, -0.1) is 0 Å². The molecule has 0 heterocycles. The van der Waals surface area contributed by atoms with Crippen molar-refractivity contribution in [3.8, 4) is 0 Å². The lowest BCUT2D eigenvalue weighted by Crippen LogP contribution is -2.26. The molecule has 3 nitrogen and oxygen atoms in total. The molecule has 0 fully saturated rings. The lowest BCUT2D eigenvalue weighted by Gasteiger charge is -2.26. The Hall–Kier alpha value is -0.800. The zero-order valence-corrected chi connectivity index (χ0v) is 9.10. The predicted molar refractivity (Wildman–Crippen MR) is 55.8 cm³/mol. The minimum Gasteiger partial charge on any atom is -0.465 e. The largest absolute Gasteiger partial charge is 0.465 e. The SMILES string of the molecule is COC(=O)C1=CCC(C)(CNCl)C=C1. The van der Waals surface area contributed by atoms with Gasteiger partial charge in [-0.1, -0.05) is 25.2 Å². The number of allylic oxidation sites excluding steroid dienone is 1. The summed E-state index contributed by atoms with van der Waals surface area (Å²) in [6, 6.07) is 0. The summed E-state index contributed by atoms with van der Waals surface area (Å²) >= 11 is 5.45. The number of nitrogens with one attached hydrogen (secondary N) is 1. The van der Waals surface area contributed by atoms with Crippen LogP contribution in [-0.2, 0) is 9.53 Å². The summed E-state index contributed by atoms with van der Waals surface area (Å²) in [6.45, 7) is 2.75. The van der Waals surface area contributed by atoms with Crippen LogP contribution in [0.15, 0.2) is 23.8 Å². The molecule has 1 atom stereocenters. The van der Waals surface area contributed by atoms with Crippen molar-refractivity contribution >= 4 is 17.7 Å². The molecule has 1 rings (SSSR count). The summed E-state index contributed by atoms with van der Waals surface area (Å²) < 4.78 is 4.62. The summed E-state index contributed by atoms with van der Waals surface area (Å²) in [5.41, 5.74) is 0.596. The smallest absolute Gasteiger partial charge is 0.337 e. The van der Waals surface area contributed by atoms with Gasteiger partial charge in [0.05, 0.1) is 12.7 Å². The highest BCUT2D eigenvalue weighted by Crippen LogP contribution is 2.28. The molecule has 0 spiro atoms. The molecule has 0 aromatic rings. The van der Waals surface area contributed by atoms with Gasteiger partial charge in [0.25, 0.3) is 0 Å². The van der Waals surface area contributed by atoms with Gasteiger partial charge in [0.15, 0.2) is 0 Å². The number of rotatable bonds is 3. The third-order valence-corrected chi connectivity index (χ3v) is 2.48. The first kappa shape index (κ1) is 11.3. The van der Waals surface area contributed by atoms with E-state index >= 15 is 0 Å². The number of methoxy groups -OCH3 is 1. The standard InChI is InChI=1S/C10H14ClNO2/c1-10(7-12-11)5-3-8(4-6-10)9(13)14-2/h3-5,12H,6-7H2,1-2H3. The minimum absolute atomic E-state index is 0.0146. The van der Waals surface area contributed by atoms with Crippen LogP contribution in [-0.4, -0.2) is 19.6 Å². The maximum absolute atomic E-state index is 11.2. The highest BCUT2D eigenvalue weighted by molar-refractivity contribution is 6.13. The normalized spacial score (nSPS) is 25.8. The average molecular weight is 216 g/mol. The van der Waals surface area contributed by atoms with Crippen LogP contribution in [0.25, 0.3) is 0 Å². The molecule has 1 aliphatic rings. The van der Waals surface area contributed by atoms with E-state index in [0.717, 1.165) is 6.42 Å². The highest BCUT2D eigenvalue weighted by Gasteiger charge is 2.23. The van der Waals surface area contributed by atoms with Crippen LogP contribution < -0.4 is 4.84 Å². The number of esters is 1. The summed E-state index contributed by atoms with van der Waals surface area (Å²) in [6.07, 6.45) is 6.42. The Morgan fingerprint density at radius 3 is 2.93 bits per heavy atom. The molecule has 78 valence electrons. The number of carbonyl (C=O) groups is 1. The monoisotopic (exact) mass is 215 g/mol. The Balaban J connectivity index is 2.65. The van der Waals surface area contributed by atoms with Crippen molar-refractivity contribution < 1.29 is 9.53 Å². The second-order valence-electron chi connectivity index (χ2n) is 3.65. The Labute approximate surface area is 88.9 Å². The first-order valence-corrected chi connectivity index (χ1v) is 4.80. The minimum atomic E-state index is -0.290. The predicted octanol–water partition coefficient (Wildman–Crippen LogP) is 1.80. The molecule has 0 saturated carbocycles. The molecular weight excluding hydrogens is 202 g/mol. The fourth-order valence-corrected chi connectivity index (χ4v) is 1.63. The molecule has 0 bridgehead atoms.